The summed E-state index contributed by atoms with van der Waals surface area (Å²) in [7, 11) is -3.89. The number of rotatable bonds is 5. The van der Waals surface area contributed by atoms with Gasteiger partial charge in [-0.3, -0.25) is 9.10 Å². The van der Waals surface area contributed by atoms with Crippen LogP contribution in [0.25, 0.3) is 0 Å². The number of sulfonamides is 1. The van der Waals surface area contributed by atoms with E-state index in [2.05, 4.69) is 5.32 Å². The van der Waals surface area contributed by atoms with Crippen molar-refractivity contribution in [3.05, 3.63) is 89.5 Å². The SMILES string of the molecule is Cc1ccc(C)c(S(=O)(=O)N2CC(C(=O)NCc3ccccc3)Oc3ccccc32)c1. The van der Waals surface area contributed by atoms with E-state index in [9.17, 15) is 13.2 Å². The summed E-state index contributed by atoms with van der Waals surface area (Å²) in [5.41, 5.74) is 2.88. The molecular weight excluding hydrogens is 412 g/mol. The molecule has 160 valence electrons. The van der Waals surface area contributed by atoms with Crippen LogP contribution in [-0.2, 0) is 21.4 Å². The van der Waals surface area contributed by atoms with E-state index in [1.807, 2.05) is 43.3 Å². The molecule has 0 aromatic heterocycles. The predicted octanol–water partition coefficient (Wildman–Crippen LogP) is 3.58. The molecule has 1 heterocycles. The van der Waals surface area contributed by atoms with Gasteiger partial charge in [0.05, 0.1) is 17.1 Å². The average Bonchev–Trinajstić information content (AvgIpc) is 2.78. The summed E-state index contributed by atoms with van der Waals surface area (Å²) in [5.74, 6) is 0.00186. The molecule has 3 aromatic carbocycles. The van der Waals surface area contributed by atoms with Crippen molar-refractivity contribution in [1.29, 1.82) is 0 Å². The molecule has 1 unspecified atom stereocenters. The van der Waals surface area contributed by atoms with Crippen molar-refractivity contribution in [2.45, 2.75) is 31.4 Å². The summed E-state index contributed by atoms with van der Waals surface area (Å²) >= 11 is 0. The number of ether oxygens (including phenoxy) is 1. The van der Waals surface area contributed by atoms with Crippen molar-refractivity contribution < 1.29 is 17.9 Å². The highest BCUT2D eigenvalue weighted by molar-refractivity contribution is 7.93. The minimum absolute atomic E-state index is 0.104. The molecule has 1 amide bonds. The fourth-order valence-corrected chi connectivity index (χ4v) is 5.36. The van der Waals surface area contributed by atoms with E-state index in [1.165, 1.54) is 4.31 Å². The quantitative estimate of drug-likeness (QED) is 0.663. The molecule has 1 N–H and O–H groups in total. The fourth-order valence-electron chi connectivity index (χ4n) is 3.57. The van der Waals surface area contributed by atoms with Crippen LogP contribution in [0.2, 0.25) is 0 Å². The van der Waals surface area contributed by atoms with Crippen LogP contribution in [-0.4, -0.2) is 27.0 Å². The first-order chi connectivity index (χ1) is 14.9. The van der Waals surface area contributed by atoms with E-state index < -0.39 is 16.1 Å². The van der Waals surface area contributed by atoms with Gasteiger partial charge >= 0.3 is 0 Å². The predicted molar refractivity (Wildman–Crippen MR) is 120 cm³/mol. The zero-order valence-corrected chi connectivity index (χ0v) is 18.2. The Balaban J connectivity index is 1.64. The Bertz CT molecular complexity index is 1210. The lowest BCUT2D eigenvalue weighted by Gasteiger charge is -2.35. The van der Waals surface area contributed by atoms with Gasteiger partial charge in [0.2, 0.25) is 0 Å². The molecule has 0 spiro atoms. The second kappa shape index (κ2) is 8.43. The van der Waals surface area contributed by atoms with Crippen LogP contribution in [0.4, 0.5) is 5.69 Å². The summed E-state index contributed by atoms with van der Waals surface area (Å²) in [4.78, 5) is 13.1. The maximum atomic E-state index is 13.6. The number of aryl methyl sites for hydroxylation is 2. The molecule has 6 nitrogen and oxygen atoms in total. The molecule has 7 heteroatoms. The van der Waals surface area contributed by atoms with Crippen LogP contribution in [0.1, 0.15) is 16.7 Å². The molecule has 0 saturated carbocycles. The molecule has 0 fully saturated rings. The first kappa shape index (κ1) is 20.9. The second-order valence-corrected chi connectivity index (χ2v) is 9.41. The minimum Gasteiger partial charge on any atom is -0.476 e. The second-order valence-electron chi connectivity index (χ2n) is 7.58. The Hall–Kier alpha value is -3.32. The van der Waals surface area contributed by atoms with Crippen molar-refractivity contribution in [2.75, 3.05) is 10.8 Å². The molecule has 4 rings (SSSR count). The van der Waals surface area contributed by atoms with E-state index in [-0.39, 0.29) is 17.3 Å². The van der Waals surface area contributed by atoms with Crippen LogP contribution >= 0.6 is 0 Å². The summed E-state index contributed by atoms with van der Waals surface area (Å²) in [6.07, 6.45) is -0.960. The lowest BCUT2D eigenvalue weighted by molar-refractivity contribution is -0.127. The number of hydrogen-bond acceptors (Lipinski definition) is 4. The summed E-state index contributed by atoms with van der Waals surface area (Å²) in [5, 5.41) is 2.85. The molecular formula is C24H24N2O4S. The van der Waals surface area contributed by atoms with Crippen LogP contribution in [0, 0.1) is 13.8 Å². The van der Waals surface area contributed by atoms with Gasteiger partial charge < -0.3 is 10.1 Å². The Labute approximate surface area is 182 Å². The molecule has 0 bridgehead atoms. The van der Waals surface area contributed by atoms with E-state index >= 15 is 0 Å². The molecule has 1 aliphatic rings. The monoisotopic (exact) mass is 436 g/mol. The van der Waals surface area contributed by atoms with Crippen molar-refractivity contribution >= 4 is 21.6 Å². The first-order valence-corrected chi connectivity index (χ1v) is 11.5. The first-order valence-electron chi connectivity index (χ1n) is 10.0. The van der Waals surface area contributed by atoms with Gasteiger partial charge in [0.15, 0.2) is 6.10 Å². The zero-order chi connectivity index (χ0) is 22.0. The highest BCUT2D eigenvalue weighted by Gasteiger charge is 2.37. The Kier molecular flexibility index (Phi) is 5.69. The zero-order valence-electron chi connectivity index (χ0n) is 17.4. The van der Waals surface area contributed by atoms with Crippen LogP contribution in [0.15, 0.2) is 77.7 Å². The Morgan fingerprint density at radius 1 is 1.03 bits per heavy atom. The fraction of sp³-hybridized carbons (Fsp3) is 0.208. The van der Waals surface area contributed by atoms with Crippen molar-refractivity contribution in [1.82, 2.24) is 5.32 Å². The smallest absolute Gasteiger partial charge is 0.264 e. The number of carbonyl (C=O) groups is 1. The number of nitrogens with zero attached hydrogens (tertiary/aromatic N) is 1. The molecule has 3 aromatic rings. The number of para-hydroxylation sites is 2. The van der Waals surface area contributed by atoms with Crippen molar-refractivity contribution in [2.24, 2.45) is 0 Å². The number of benzene rings is 3. The van der Waals surface area contributed by atoms with Gasteiger partial charge in [-0.05, 0) is 48.7 Å². The maximum Gasteiger partial charge on any atom is 0.264 e. The lowest BCUT2D eigenvalue weighted by Crippen LogP contribution is -2.50. The summed E-state index contributed by atoms with van der Waals surface area (Å²) in [6.45, 7) is 3.85. The van der Waals surface area contributed by atoms with Crippen molar-refractivity contribution in [3.63, 3.8) is 0 Å². The molecule has 0 aliphatic carbocycles. The van der Waals surface area contributed by atoms with Crippen LogP contribution in [0.3, 0.4) is 0 Å². The molecule has 1 aliphatic heterocycles. The van der Waals surface area contributed by atoms with Crippen LogP contribution < -0.4 is 14.4 Å². The third-order valence-corrected chi connectivity index (χ3v) is 7.17. The number of carbonyl (C=O) groups excluding carboxylic acids is 1. The van der Waals surface area contributed by atoms with Crippen molar-refractivity contribution in [3.8, 4) is 5.75 Å². The third-order valence-electron chi connectivity index (χ3n) is 5.25. The van der Waals surface area contributed by atoms with Crippen LogP contribution in [0.5, 0.6) is 5.75 Å². The summed E-state index contributed by atoms with van der Waals surface area (Å²) < 4.78 is 34.4. The van der Waals surface area contributed by atoms with E-state index in [0.29, 0.717) is 23.5 Å². The molecule has 0 saturated heterocycles. The maximum absolute atomic E-state index is 13.6. The van der Waals surface area contributed by atoms with Gasteiger partial charge in [-0.15, -0.1) is 0 Å². The largest absolute Gasteiger partial charge is 0.476 e. The van der Waals surface area contributed by atoms with E-state index in [4.69, 9.17) is 4.74 Å². The number of fused-ring (bicyclic) bond motifs is 1. The number of hydrogen-bond donors (Lipinski definition) is 1. The van der Waals surface area contributed by atoms with Gasteiger partial charge in [-0.2, -0.15) is 0 Å². The Morgan fingerprint density at radius 2 is 1.74 bits per heavy atom. The number of anilines is 1. The normalized spacial score (nSPS) is 15.7. The standard InChI is InChI=1S/C24H24N2O4S/c1-17-12-13-18(2)23(14-17)31(28,29)26-16-22(30-21-11-7-6-10-20(21)26)24(27)25-15-19-8-4-3-5-9-19/h3-14,22H,15-16H2,1-2H3,(H,25,27). The molecule has 31 heavy (non-hydrogen) atoms. The van der Waals surface area contributed by atoms with Gasteiger partial charge in [-0.1, -0.05) is 54.6 Å². The topological polar surface area (TPSA) is 75.7 Å². The molecule has 1 atom stereocenters. The van der Waals surface area contributed by atoms with Gasteiger partial charge in [0.25, 0.3) is 15.9 Å². The third kappa shape index (κ3) is 4.27. The van der Waals surface area contributed by atoms with Gasteiger partial charge in [0.1, 0.15) is 5.75 Å². The molecule has 0 radical (unpaired) electrons. The van der Waals surface area contributed by atoms with Gasteiger partial charge in [0, 0.05) is 6.54 Å². The van der Waals surface area contributed by atoms with Gasteiger partial charge in [-0.25, -0.2) is 8.42 Å². The highest BCUT2D eigenvalue weighted by Crippen LogP contribution is 2.37. The lowest BCUT2D eigenvalue weighted by atomic mass is 10.2. The average molecular weight is 437 g/mol. The van der Waals surface area contributed by atoms with E-state index in [0.717, 1.165) is 11.1 Å². The highest BCUT2D eigenvalue weighted by atomic mass is 32.2. The summed E-state index contributed by atoms with van der Waals surface area (Å²) in [6, 6.07) is 21.7. The minimum atomic E-state index is -3.89. The van der Waals surface area contributed by atoms with E-state index in [1.54, 1.807) is 43.3 Å². The Morgan fingerprint density at radius 3 is 2.52 bits per heavy atom. The number of nitrogens with one attached hydrogen (secondary N) is 1. The number of amides is 1.